The van der Waals surface area contributed by atoms with E-state index in [0.717, 1.165) is 10.0 Å². The molecule has 0 saturated heterocycles. The van der Waals surface area contributed by atoms with Crippen LogP contribution in [0.5, 0.6) is 0 Å². The van der Waals surface area contributed by atoms with Gasteiger partial charge in [-0.05, 0) is 48.4 Å². The van der Waals surface area contributed by atoms with Crippen molar-refractivity contribution in [3.63, 3.8) is 0 Å². The topological polar surface area (TPSA) is 39.2 Å². The minimum Gasteiger partial charge on any atom is -0.465 e. The van der Waals surface area contributed by atoms with E-state index in [0.29, 0.717) is 13.0 Å². The van der Waals surface area contributed by atoms with Crippen LogP contribution in [-0.2, 0) is 9.53 Å². The minimum absolute atomic E-state index is 0.140. The number of carbonyl (C=O) groups excluding carboxylic acids is 1. The fourth-order valence-corrected chi connectivity index (χ4v) is 4.39. The first-order valence-corrected chi connectivity index (χ1v) is 10.7. The van der Waals surface area contributed by atoms with E-state index in [4.69, 9.17) is 16.3 Å². The Morgan fingerprint density at radius 3 is 2.43 bits per heavy atom. The van der Waals surface area contributed by atoms with Crippen LogP contribution < -0.4 is 0 Å². The molecule has 5 heteroatoms. The van der Waals surface area contributed by atoms with Crippen LogP contribution in [0.25, 0.3) is 0 Å². The second kappa shape index (κ2) is 9.85. The Morgan fingerprint density at radius 2 is 1.82 bits per heavy atom. The zero-order chi connectivity index (χ0) is 19.9. The van der Waals surface area contributed by atoms with Gasteiger partial charge in [-0.2, -0.15) is 0 Å². The summed E-state index contributed by atoms with van der Waals surface area (Å²) in [6, 6.07) is 18.3. The molecule has 0 fully saturated rings. The third-order valence-corrected chi connectivity index (χ3v) is 6.18. The summed E-state index contributed by atoms with van der Waals surface area (Å²) < 4.78 is 5.38. The van der Waals surface area contributed by atoms with E-state index < -0.39 is 0 Å². The molecule has 1 heterocycles. The third kappa shape index (κ3) is 5.00. The summed E-state index contributed by atoms with van der Waals surface area (Å²) >= 11 is 7.58. The number of thiazole rings is 1. The lowest BCUT2D eigenvalue weighted by atomic mass is 9.77. The Labute approximate surface area is 175 Å². The zero-order valence-electron chi connectivity index (χ0n) is 16.0. The summed E-state index contributed by atoms with van der Waals surface area (Å²) in [7, 11) is 0. The summed E-state index contributed by atoms with van der Waals surface area (Å²) in [5.41, 5.74) is 2.40. The molecule has 3 atom stereocenters. The van der Waals surface area contributed by atoms with Gasteiger partial charge in [0.1, 0.15) is 10.9 Å². The number of hydrogen-bond donors (Lipinski definition) is 0. The van der Waals surface area contributed by atoms with Gasteiger partial charge in [0.15, 0.2) is 0 Å². The van der Waals surface area contributed by atoms with Gasteiger partial charge in [-0.25, -0.2) is 4.98 Å². The Balaban J connectivity index is 1.95. The SMILES string of the molecule is CCOC(=O)C(CC(c1ccccc1)C(C)c1ccc(Cl)cc1)c1nccs1. The van der Waals surface area contributed by atoms with Gasteiger partial charge in [-0.1, -0.05) is 61.0 Å². The van der Waals surface area contributed by atoms with Crippen molar-refractivity contribution < 1.29 is 9.53 Å². The Kier molecular flexibility index (Phi) is 7.24. The fraction of sp³-hybridized carbons (Fsp3) is 0.304. The number of rotatable bonds is 8. The van der Waals surface area contributed by atoms with E-state index >= 15 is 0 Å². The normalized spacial score (nSPS) is 14.2. The molecule has 3 unspecified atom stereocenters. The number of aromatic nitrogens is 1. The summed E-state index contributed by atoms with van der Waals surface area (Å²) in [6.45, 7) is 4.40. The van der Waals surface area contributed by atoms with Crippen molar-refractivity contribution in [2.75, 3.05) is 6.61 Å². The molecular formula is C23H24ClNO2S. The molecule has 3 aromatic rings. The summed E-state index contributed by atoms with van der Waals surface area (Å²) in [6.07, 6.45) is 2.38. The van der Waals surface area contributed by atoms with Crippen LogP contribution in [-0.4, -0.2) is 17.6 Å². The van der Waals surface area contributed by atoms with Crippen LogP contribution in [0.1, 0.15) is 54.2 Å². The predicted molar refractivity (Wildman–Crippen MR) is 115 cm³/mol. The number of hydrogen-bond acceptors (Lipinski definition) is 4. The van der Waals surface area contributed by atoms with Crippen LogP contribution >= 0.6 is 22.9 Å². The quantitative estimate of drug-likeness (QED) is 0.400. The molecule has 28 heavy (non-hydrogen) atoms. The average molecular weight is 414 g/mol. The minimum atomic E-state index is -0.375. The molecule has 0 saturated carbocycles. The molecule has 0 N–H and O–H groups in total. The molecule has 0 aliphatic rings. The van der Waals surface area contributed by atoms with Gasteiger partial charge < -0.3 is 4.74 Å². The summed E-state index contributed by atoms with van der Waals surface area (Å²) in [5.74, 6) is -0.237. The number of halogens is 1. The van der Waals surface area contributed by atoms with Gasteiger partial charge in [0, 0.05) is 16.6 Å². The largest absolute Gasteiger partial charge is 0.465 e. The molecule has 0 aliphatic heterocycles. The lowest BCUT2D eigenvalue weighted by molar-refractivity contribution is -0.145. The highest BCUT2D eigenvalue weighted by Gasteiger charge is 2.31. The maximum Gasteiger partial charge on any atom is 0.315 e. The lowest BCUT2D eigenvalue weighted by Gasteiger charge is -2.28. The van der Waals surface area contributed by atoms with Gasteiger partial charge in [0.05, 0.1) is 6.61 Å². The average Bonchev–Trinajstić information content (AvgIpc) is 3.24. The first-order valence-electron chi connectivity index (χ1n) is 9.46. The second-order valence-electron chi connectivity index (χ2n) is 6.77. The number of ether oxygens (including phenoxy) is 1. The lowest BCUT2D eigenvalue weighted by Crippen LogP contribution is -2.21. The van der Waals surface area contributed by atoms with E-state index in [1.54, 1.807) is 6.20 Å². The first kappa shape index (κ1) is 20.6. The van der Waals surface area contributed by atoms with Crippen molar-refractivity contribution in [1.82, 2.24) is 4.98 Å². The van der Waals surface area contributed by atoms with Crippen molar-refractivity contribution in [2.24, 2.45) is 0 Å². The van der Waals surface area contributed by atoms with Gasteiger partial charge in [0.25, 0.3) is 0 Å². The molecule has 3 rings (SSSR count). The Hall–Kier alpha value is -2.17. The van der Waals surface area contributed by atoms with Gasteiger partial charge >= 0.3 is 5.97 Å². The molecule has 2 aromatic carbocycles. The van der Waals surface area contributed by atoms with E-state index in [1.165, 1.54) is 22.5 Å². The molecule has 0 radical (unpaired) electrons. The van der Waals surface area contributed by atoms with Crippen molar-refractivity contribution in [3.05, 3.63) is 87.3 Å². The zero-order valence-corrected chi connectivity index (χ0v) is 17.6. The third-order valence-electron chi connectivity index (χ3n) is 5.04. The molecule has 3 nitrogen and oxygen atoms in total. The second-order valence-corrected chi connectivity index (χ2v) is 8.13. The molecule has 146 valence electrons. The summed E-state index contributed by atoms with van der Waals surface area (Å²) in [5, 5.41) is 3.43. The van der Waals surface area contributed by atoms with Crippen LogP contribution in [0.3, 0.4) is 0 Å². The van der Waals surface area contributed by atoms with Crippen LogP contribution in [0.2, 0.25) is 5.02 Å². The highest BCUT2D eigenvalue weighted by atomic mass is 35.5. The molecule has 0 spiro atoms. The molecule has 0 aliphatic carbocycles. The standard InChI is InChI=1S/C23H24ClNO2S/c1-3-27-23(26)21(22-25-13-14-28-22)15-20(18-7-5-4-6-8-18)16(2)17-9-11-19(24)12-10-17/h4-14,16,20-21H,3,15H2,1-2H3. The van der Waals surface area contributed by atoms with E-state index in [-0.39, 0.29) is 23.7 Å². The smallest absolute Gasteiger partial charge is 0.315 e. The van der Waals surface area contributed by atoms with Crippen LogP contribution in [0, 0.1) is 0 Å². The molecular weight excluding hydrogens is 390 g/mol. The fourth-order valence-electron chi connectivity index (χ4n) is 3.53. The van der Waals surface area contributed by atoms with Crippen molar-refractivity contribution in [1.29, 1.82) is 0 Å². The monoisotopic (exact) mass is 413 g/mol. The maximum absolute atomic E-state index is 12.7. The Morgan fingerprint density at radius 1 is 1.11 bits per heavy atom. The number of nitrogens with zero attached hydrogens (tertiary/aromatic N) is 1. The van der Waals surface area contributed by atoms with E-state index in [9.17, 15) is 4.79 Å². The predicted octanol–water partition coefficient (Wildman–Crippen LogP) is 6.42. The van der Waals surface area contributed by atoms with Gasteiger partial charge in [-0.3, -0.25) is 4.79 Å². The van der Waals surface area contributed by atoms with E-state index in [2.05, 4.69) is 36.2 Å². The van der Waals surface area contributed by atoms with Gasteiger partial charge in [0.2, 0.25) is 0 Å². The molecule has 0 amide bonds. The number of benzene rings is 2. The summed E-state index contributed by atoms with van der Waals surface area (Å²) in [4.78, 5) is 17.1. The first-order chi connectivity index (χ1) is 13.6. The number of carbonyl (C=O) groups is 1. The van der Waals surface area contributed by atoms with Crippen LogP contribution in [0.15, 0.2) is 66.2 Å². The van der Waals surface area contributed by atoms with Crippen molar-refractivity contribution in [3.8, 4) is 0 Å². The Bertz CT molecular complexity index is 865. The van der Waals surface area contributed by atoms with E-state index in [1.807, 2.05) is 42.6 Å². The maximum atomic E-state index is 12.7. The van der Waals surface area contributed by atoms with Gasteiger partial charge in [-0.15, -0.1) is 11.3 Å². The molecule has 0 bridgehead atoms. The van der Waals surface area contributed by atoms with Crippen LogP contribution in [0.4, 0.5) is 0 Å². The van der Waals surface area contributed by atoms with Crippen molar-refractivity contribution >= 4 is 28.9 Å². The highest BCUT2D eigenvalue weighted by molar-refractivity contribution is 7.09. The number of esters is 1. The van der Waals surface area contributed by atoms with Crippen molar-refractivity contribution in [2.45, 2.75) is 38.0 Å². The highest BCUT2D eigenvalue weighted by Crippen LogP contribution is 2.41. The molecule has 1 aromatic heterocycles.